The number of aryl methyl sites for hydroxylation is 2. The Labute approximate surface area is 204 Å². The summed E-state index contributed by atoms with van der Waals surface area (Å²) in [4.78, 5) is 13.4. The minimum Gasteiger partial charge on any atom is -0.486 e. The fourth-order valence-corrected chi connectivity index (χ4v) is 4.01. The van der Waals surface area contributed by atoms with Crippen molar-refractivity contribution >= 4 is 22.8 Å². The zero-order chi connectivity index (χ0) is 24.9. The van der Waals surface area contributed by atoms with Gasteiger partial charge < -0.3 is 19.7 Å². The van der Waals surface area contributed by atoms with Gasteiger partial charge in [0.2, 0.25) is 0 Å². The minimum atomic E-state index is -0.462. The molecule has 0 saturated carbocycles. The van der Waals surface area contributed by atoms with Crippen LogP contribution in [0.4, 0.5) is 10.6 Å². The lowest BCUT2D eigenvalue weighted by Gasteiger charge is -2.20. The first-order chi connectivity index (χ1) is 16.9. The summed E-state index contributed by atoms with van der Waals surface area (Å²) in [5.74, 6) is 1.41. The Morgan fingerprint density at radius 3 is 2.57 bits per heavy atom. The van der Waals surface area contributed by atoms with Crippen molar-refractivity contribution in [1.82, 2.24) is 25.3 Å². The minimum absolute atomic E-state index is 0.231. The van der Waals surface area contributed by atoms with Gasteiger partial charge >= 0.3 is 6.09 Å². The SMILES string of the molecule is CNC(=O)OCCC(Oc1cccc(-n2nc3c(N(C)C)nnc(C)c3c2C)c1)c1ccccc1. The van der Waals surface area contributed by atoms with Crippen LogP contribution in [-0.4, -0.2) is 53.8 Å². The molecule has 1 N–H and O–H groups in total. The smallest absolute Gasteiger partial charge is 0.406 e. The summed E-state index contributed by atoms with van der Waals surface area (Å²) in [5.41, 5.74) is 4.49. The van der Waals surface area contributed by atoms with Gasteiger partial charge in [-0.05, 0) is 31.5 Å². The Morgan fingerprint density at radius 1 is 1.09 bits per heavy atom. The number of fused-ring (bicyclic) bond motifs is 1. The van der Waals surface area contributed by atoms with Crippen LogP contribution >= 0.6 is 0 Å². The number of hydrogen-bond acceptors (Lipinski definition) is 7. The van der Waals surface area contributed by atoms with E-state index in [0.29, 0.717) is 12.2 Å². The number of ether oxygens (including phenoxy) is 2. The molecule has 0 aliphatic heterocycles. The van der Waals surface area contributed by atoms with Gasteiger partial charge in [-0.15, -0.1) is 5.10 Å². The number of hydrogen-bond donors (Lipinski definition) is 1. The molecule has 1 unspecified atom stereocenters. The van der Waals surface area contributed by atoms with Gasteiger partial charge in [0.15, 0.2) is 5.82 Å². The Balaban J connectivity index is 1.65. The summed E-state index contributed by atoms with van der Waals surface area (Å²) < 4.78 is 13.5. The van der Waals surface area contributed by atoms with Gasteiger partial charge in [0.1, 0.15) is 17.4 Å². The standard InChI is InChI=1S/C26H30N6O3/c1-17-23-18(2)32(30-24(23)25(29-28-17)31(4)5)20-12-9-13-21(16-20)35-22(14-15-34-26(33)27-3)19-10-7-6-8-11-19/h6-13,16,22H,14-15H2,1-5H3,(H,27,33). The van der Waals surface area contributed by atoms with Crippen molar-refractivity contribution in [3.8, 4) is 11.4 Å². The molecule has 9 heteroatoms. The lowest BCUT2D eigenvalue weighted by atomic mass is 10.1. The maximum Gasteiger partial charge on any atom is 0.406 e. The summed E-state index contributed by atoms with van der Waals surface area (Å²) in [6.07, 6.45) is -0.240. The highest BCUT2D eigenvalue weighted by Gasteiger charge is 2.19. The molecule has 182 valence electrons. The molecule has 0 aliphatic carbocycles. The number of benzene rings is 2. The van der Waals surface area contributed by atoms with Crippen LogP contribution in [0.5, 0.6) is 5.75 Å². The number of nitrogens with one attached hydrogen (secondary N) is 1. The molecule has 4 rings (SSSR count). The fraction of sp³-hybridized carbons (Fsp3) is 0.308. The molecule has 2 aromatic carbocycles. The predicted octanol–water partition coefficient (Wildman–Crippen LogP) is 4.36. The van der Waals surface area contributed by atoms with Crippen molar-refractivity contribution in [2.24, 2.45) is 0 Å². The van der Waals surface area contributed by atoms with E-state index < -0.39 is 6.09 Å². The van der Waals surface area contributed by atoms with E-state index in [1.807, 2.05) is 92.1 Å². The molecular formula is C26H30N6O3. The van der Waals surface area contributed by atoms with Gasteiger partial charge in [-0.2, -0.15) is 10.2 Å². The van der Waals surface area contributed by atoms with E-state index in [9.17, 15) is 4.79 Å². The van der Waals surface area contributed by atoms with Crippen molar-refractivity contribution < 1.29 is 14.3 Å². The first-order valence-electron chi connectivity index (χ1n) is 11.5. The predicted molar refractivity (Wildman–Crippen MR) is 135 cm³/mol. The van der Waals surface area contributed by atoms with Crippen molar-refractivity contribution in [1.29, 1.82) is 0 Å². The third kappa shape index (κ3) is 5.18. The molecule has 1 amide bonds. The summed E-state index contributed by atoms with van der Waals surface area (Å²) in [7, 11) is 5.40. The van der Waals surface area contributed by atoms with Crippen LogP contribution in [0.3, 0.4) is 0 Å². The highest BCUT2D eigenvalue weighted by molar-refractivity contribution is 5.92. The fourth-order valence-electron chi connectivity index (χ4n) is 4.01. The van der Waals surface area contributed by atoms with Gasteiger partial charge in [0.05, 0.1) is 29.1 Å². The topological polar surface area (TPSA) is 94.4 Å². The van der Waals surface area contributed by atoms with Gasteiger partial charge in [0.25, 0.3) is 0 Å². The Hall–Kier alpha value is -4.14. The maximum atomic E-state index is 11.5. The van der Waals surface area contributed by atoms with E-state index in [0.717, 1.165) is 39.4 Å². The molecule has 0 fully saturated rings. The van der Waals surface area contributed by atoms with Crippen molar-refractivity contribution in [2.45, 2.75) is 26.4 Å². The molecular weight excluding hydrogens is 444 g/mol. The first kappa shape index (κ1) is 24.0. The summed E-state index contributed by atoms with van der Waals surface area (Å²) in [6.45, 7) is 4.20. The normalized spacial score (nSPS) is 11.8. The first-order valence-corrected chi connectivity index (χ1v) is 11.5. The van der Waals surface area contributed by atoms with Crippen molar-refractivity contribution in [2.75, 3.05) is 32.6 Å². The Kier molecular flexibility index (Phi) is 7.14. The second-order valence-corrected chi connectivity index (χ2v) is 8.41. The van der Waals surface area contributed by atoms with Gasteiger partial charge in [-0.25, -0.2) is 9.48 Å². The largest absolute Gasteiger partial charge is 0.486 e. The van der Waals surface area contributed by atoms with E-state index in [1.165, 1.54) is 7.05 Å². The van der Waals surface area contributed by atoms with E-state index >= 15 is 0 Å². The zero-order valence-electron chi connectivity index (χ0n) is 20.6. The van der Waals surface area contributed by atoms with Crippen LogP contribution in [0.2, 0.25) is 0 Å². The quantitative estimate of drug-likeness (QED) is 0.405. The van der Waals surface area contributed by atoms with Crippen LogP contribution in [0, 0.1) is 13.8 Å². The van der Waals surface area contributed by atoms with E-state index in [4.69, 9.17) is 14.6 Å². The molecule has 4 aromatic rings. The Bertz CT molecular complexity index is 1320. The van der Waals surface area contributed by atoms with Crippen LogP contribution in [0.1, 0.15) is 29.5 Å². The third-order valence-corrected chi connectivity index (χ3v) is 5.74. The third-order valence-electron chi connectivity index (χ3n) is 5.74. The average Bonchev–Trinajstić information content (AvgIpc) is 3.22. The summed E-state index contributed by atoms with van der Waals surface area (Å²) in [6, 6.07) is 17.7. The van der Waals surface area contributed by atoms with Crippen molar-refractivity contribution in [3.63, 3.8) is 0 Å². The number of aromatic nitrogens is 4. The van der Waals surface area contributed by atoms with E-state index in [1.54, 1.807) is 0 Å². The number of rotatable bonds is 8. The van der Waals surface area contributed by atoms with Gasteiger partial charge in [-0.1, -0.05) is 36.4 Å². The number of carbonyl (C=O) groups is 1. The van der Waals surface area contributed by atoms with Crippen LogP contribution in [0.25, 0.3) is 16.6 Å². The molecule has 0 saturated heterocycles. The molecule has 0 radical (unpaired) electrons. The second kappa shape index (κ2) is 10.4. The van der Waals surface area contributed by atoms with Crippen molar-refractivity contribution in [3.05, 3.63) is 71.5 Å². The number of alkyl carbamates (subject to hydrolysis) is 1. The monoisotopic (exact) mass is 474 g/mol. The summed E-state index contributed by atoms with van der Waals surface area (Å²) in [5, 5.41) is 17.0. The van der Waals surface area contributed by atoms with E-state index in [-0.39, 0.29) is 12.7 Å². The molecule has 2 heterocycles. The van der Waals surface area contributed by atoms with Crippen LogP contribution in [0.15, 0.2) is 54.6 Å². The number of carbonyl (C=O) groups excluding carboxylic acids is 1. The number of anilines is 1. The maximum absolute atomic E-state index is 11.5. The second-order valence-electron chi connectivity index (χ2n) is 8.41. The van der Waals surface area contributed by atoms with Gasteiger partial charge in [-0.3, -0.25) is 0 Å². The lowest BCUT2D eigenvalue weighted by molar-refractivity contribution is 0.117. The molecule has 2 aromatic heterocycles. The van der Waals surface area contributed by atoms with E-state index in [2.05, 4.69) is 15.5 Å². The zero-order valence-corrected chi connectivity index (χ0v) is 20.6. The Morgan fingerprint density at radius 2 is 1.86 bits per heavy atom. The highest BCUT2D eigenvalue weighted by Crippen LogP contribution is 2.31. The molecule has 0 bridgehead atoms. The molecule has 0 aliphatic rings. The molecule has 1 atom stereocenters. The molecule has 35 heavy (non-hydrogen) atoms. The van der Waals surface area contributed by atoms with Crippen LogP contribution in [-0.2, 0) is 4.74 Å². The van der Waals surface area contributed by atoms with Gasteiger partial charge in [0, 0.05) is 33.6 Å². The van der Waals surface area contributed by atoms with Crippen LogP contribution < -0.4 is 15.0 Å². The highest BCUT2D eigenvalue weighted by atomic mass is 16.5. The summed E-state index contributed by atoms with van der Waals surface area (Å²) >= 11 is 0. The average molecular weight is 475 g/mol. The number of amides is 1. The molecule has 0 spiro atoms. The number of nitrogens with zero attached hydrogens (tertiary/aromatic N) is 5. The molecule has 9 nitrogen and oxygen atoms in total. The lowest BCUT2D eigenvalue weighted by Crippen LogP contribution is -2.21.